The smallest absolute Gasteiger partial charge is 0.383 e. The second kappa shape index (κ2) is 8.73. The number of hydrogen-bond donors (Lipinski definition) is 1. The van der Waals surface area contributed by atoms with Crippen molar-refractivity contribution in [2.75, 3.05) is 12.8 Å². The molecule has 0 aliphatic heterocycles. The molecule has 36 heavy (non-hydrogen) atoms. The molecule has 0 fully saturated rings. The van der Waals surface area contributed by atoms with Crippen LogP contribution in [0.4, 0.5) is 27.8 Å². The normalized spacial score (nSPS) is 11.8. The number of halogens is 5. The first-order chi connectivity index (χ1) is 16.8. The quantitative estimate of drug-likeness (QED) is 0.334. The Kier molecular flexibility index (Phi) is 6.02. The summed E-state index contributed by atoms with van der Waals surface area (Å²) in [6, 6.07) is 4.01. The van der Waals surface area contributed by atoms with Crippen molar-refractivity contribution >= 4 is 39.4 Å². The first kappa shape index (κ1) is 24.8. The number of nitrogens with two attached hydrogens (primary N) is 1. The number of pyridine rings is 1. The number of carbonyl (C=O) groups is 2. The SMILES string of the molecule is CC(=O)N(C)N(Cc1ccc(C(F)(F)F)cc1F)C(=O)c1cc2c(cc1F)nc(N)c1cnn(C)c12. The van der Waals surface area contributed by atoms with E-state index in [-0.39, 0.29) is 23.0 Å². The number of benzene rings is 2. The summed E-state index contributed by atoms with van der Waals surface area (Å²) >= 11 is 0. The van der Waals surface area contributed by atoms with E-state index in [0.717, 1.165) is 29.1 Å². The van der Waals surface area contributed by atoms with Gasteiger partial charge in [-0.15, -0.1) is 0 Å². The molecule has 2 aromatic heterocycles. The zero-order chi connectivity index (χ0) is 26.5. The Hall–Kier alpha value is -4.29. The highest BCUT2D eigenvalue weighted by molar-refractivity contribution is 6.10. The molecular formula is C23H19F5N6O2. The van der Waals surface area contributed by atoms with Crippen LogP contribution in [0.2, 0.25) is 0 Å². The molecule has 0 spiro atoms. The molecule has 2 aromatic carbocycles. The summed E-state index contributed by atoms with van der Waals surface area (Å²) in [7, 11) is 2.82. The predicted octanol–water partition coefficient (Wildman–Crippen LogP) is 4.04. The highest BCUT2D eigenvalue weighted by Gasteiger charge is 2.32. The third-order valence-corrected chi connectivity index (χ3v) is 5.78. The molecule has 8 nitrogen and oxygen atoms in total. The average Bonchev–Trinajstić information content (AvgIpc) is 3.18. The van der Waals surface area contributed by atoms with Crippen LogP contribution in [0.5, 0.6) is 0 Å². The van der Waals surface area contributed by atoms with Crippen LogP contribution < -0.4 is 5.73 Å². The van der Waals surface area contributed by atoms with Crippen molar-refractivity contribution in [3.63, 3.8) is 0 Å². The summed E-state index contributed by atoms with van der Waals surface area (Å²) in [6.07, 6.45) is -3.31. The van der Waals surface area contributed by atoms with Gasteiger partial charge in [0.25, 0.3) is 5.91 Å². The Bertz CT molecular complexity index is 1530. The summed E-state index contributed by atoms with van der Waals surface area (Å²) in [4.78, 5) is 29.7. The van der Waals surface area contributed by atoms with E-state index in [1.54, 1.807) is 7.05 Å². The zero-order valence-corrected chi connectivity index (χ0v) is 19.2. The molecule has 13 heteroatoms. The number of anilines is 1. The van der Waals surface area contributed by atoms with Crippen LogP contribution in [-0.2, 0) is 24.6 Å². The lowest BCUT2D eigenvalue weighted by Crippen LogP contribution is -2.46. The molecule has 0 radical (unpaired) electrons. The number of aryl methyl sites for hydroxylation is 1. The summed E-state index contributed by atoms with van der Waals surface area (Å²) < 4.78 is 69.8. The lowest BCUT2D eigenvalue weighted by molar-refractivity contribution is -0.140. The number of carbonyl (C=O) groups excluding carboxylic acids is 2. The van der Waals surface area contributed by atoms with Crippen molar-refractivity contribution in [2.24, 2.45) is 7.05 Å². The number of hydrogen-bond acceptors (Lipinski definition) is 5. The molecule has 4 rings (SSSR count). The number of hydrazine groups is 1. The largest absolute Gasteiger partial charge is 0.416 e. The van der Waals surface area contributed by atoms with Crippen molar-refractivity contribution < 1.29 is 31.5 Å². The fourth-order valence-corrected chi connectivity index (χ4v) is 3.78. The molecule has 0 unspecified atom stereocenters. The van der Waals surface area contributed by atoms with Crippen molar-refractivity contribution in [3.05, 3.63) is 64.9 Å². The van der Waals surface area contributed by atoms with Crippen LogP contribution in [0.25, 0.3) is 21.8 Å². The first-order valence-electron chi connectivity index (χ1n) is 10.4. The number of amides is 2. The van der Waals surface area contributed by atoms with Gasteiger partial charge in [0.2, 0.25) is 5.91 Å². The van der Waals surface area contributed by atoms with E-state index >= 15 is 4.39 Å². The minimum Gasteiger partial charge on any atom is -0.383 e. The van der Waals surface area contributed by atoms with Gasteiger partial charge in [0.05, 0.1) is 40.3 Å². The molecule has 0 saturated carbocycles. The highest BCUT2D eigenvalue weighted by Crippen LogP contribution is 2.32. The minimum absolute atomic E-state index is 0.111. The van der Waals surface area contributed by atoms with Crippen LogP contribution in [0.3, 0.4) is 0 Å². The van der Waals surface area contributed by atoms with E-state index in [2.05, 4.69) is 10.1 Å². The molecule has 0 atom stereocenters. The van der Waals surface area contributed by atoms with Crippen molar-refractivity contribution in [1.29, 1.82) is 0 Å². The van der Waals surface area contributed by atoms with Gasteiger partial charge in [-0.2, -0.15) is 18.3 Å². The fourth-order valence-electron chi connectivity index (χ4n) is 3.78. The molecular weight excluding hydrogens is 487 g/mol. The summed E-state index contributed by atoms with van der Waals surface area (Å²) in [5, 5.41) is 6.49. The predicted molar refractivity (Wildman–Crippen MR) is 120 cm³/mol. The van der Waals surface area contributed by atoms with Gasteiger partial charge in [0, 0.05) is 38.0 Å². The van der Waals surface area contributed by atoms with Gasteiger partial charge in [-0.25, -0.2) is 18.8 Å². The van der Waals surface area contributed by atoms with E-state index in [1.807, 2.05) is 0 Å². The second-order valence-corrected chi connectivity index (χ2v) is 8.09. The Morgan fingerprint density at radius 2 is 1.78 bits per heavy atom. The lowest BCUT2D eigenvalue weighted by atomic mass is 10.1. The molecule has 2 amide bonds. The Morgan fingerprint density at radius 3 is 2.39 bits per heavy atom. The first-order valence-corrected chi connectivity index (χ1v) is 10.4. The Labute approximate surface area is 200 Å². The number of fused-ring (bicyclic) bond motifs is 3. The van der Waals surface area contributed by atoms with E-state index in [9.17, 15) is 27.2 Å². The maximum absolute atomic E-state index is 15.1. The molecule has 188 valence electrons. The molecule has 4 aromatic rings. The number of nitrogens with zero attached hydrogens (tertiary/aromatic N) is 5. The number of nitrogen functional groups attached to an aromatic ring is 1. The van der Waals surface area contributed by atoms with E-state index in [4.69, 9.17) is 5.73 Å². The van der Waals surface area contributed by atoms with Gasteiger partial charge in [-0.1, -0.05) is 6.07 Å². The van der Waals surface area contributed by atoms with Gasteiger partial charge >= 0.3 is 6.18 Å². The van der Waals surface area contributed by atoms with E-state index < -0.39 is 47.3 Å². The Balaban J connectivity index is 1.82. The van der Waals surface area contributed by atoms with Crippen LogP contribution in [0.1, 0.15) is 28.4 Å². The van der Waals surface area contributed by atoms with Gasteiger partial charge in [0.1, 0.15) is 17.5 Å². The molecule has 0 saturated heterocycles. The number of alkyl halides is 3. The third kappa shape index (κ3) is 4.27. The molecule has 2 heterocycles. The minimum atomic E-state index is -4.77. The van der Waals surface area contributed by atoms with Gasteiger partial charge < -0.3 is 5.73 Å². The van der Waals surface area contributed by atoms with Crippen LogP contribution in [0, 0.1) is 11.6 Å². The van der Waals surface area contributed by atoms with Crippen LogP contribution >= 0.6 is 0 Å². The molecule has 0 aliphatic carbocycles. The van der Waals surface area contributed by atoms with Gasteiger partial charge in [-0.3, -0.25) is 19.3 Å². The summed E-state index contributed by atoms with van der Waals surface area (Å²) in [6.45, 7) is 0.476. The molecule has 2 N–H and O–H groups in total. The summed E-state index contributed by atoms with van der Waals surface area (Å²) in [5.41, 5.74) is 4.56. The maximum atomic E-state index is 15.1. The Morgan fingerprint density at radius 1 is 1.08 bits per heavy atom. The third-order valence-electron chi connectivity index (χ3n) is 5.78. The summed E-state index contributed by atoms with van der Waals surface area (Å²) in [5.74, 6) is -3.80. The average molecular weight is 506 g/mol. The van der Waals surface area contributed by atoms with Crippen molar-refractivity contribution in [2.45, 2.75) is 19.6 Å². The topological polar surface area (TPSA) is 97.3 Å². The number of aromatic nitrogens is 3. The van der Waals surface area contributed by atoms with Gasteiger partial charge in [0.15, 0.2) is 0 Å². The molecule has 0 aliphatic rings. The van der Waals surface area contributed by atoms with Crippen molar-refractivity contribution in [3.8, 4) is 0 Å². The fraction of sp³-hybridized carbons (Fsp3) is 0.217. The van der Waals surface area contributed by atoms with Crippen molar-refractivity contribution in [1.82, 2.24) is 24.8 Å². The van der Waals surface area contributed by atoms with Crippen LogP contribution in [-0.4, -0.2) is 43.6 Å². The van der Waals surface area contributed by atoms with E-state index in [0.29, 0.717) is 22.4 Å². The lowest BCUT2D eigenvalue weighted by Gasteiger charge is -2.31. The zero-order valence-electron chi connectivity index (χ0n) is 19.2. The van der Waals surface area contributed by atoms with Crippen LogP contribution in [0.15, 0.2) is 36.5 Å². The maximum Gasteiger partial charge on any atom is 0.416 e. The van der Waals surface area contributed by atoms with Gasteiger partial charge in [-0.05, 0) is 18.2 Å². The second-order valence-electron chi connectivity index (χ2n) is 8.09. The highest BCUT2D eigenvalue weighted by atomic mass is 19.4. The monoisotopic (exact) mass is 506 g/mol. The molecule has 0 bridgehead atoms. The van der Waals surface area contributed by atoms with E-state index in [1.165, 1.54) is 24.0 Å². The standard InChI is InChI=1S/C23H19F5N6O2/c1-11(35)33(3)34(10-12-4-5-13(6-17(12)24)23(26,27)28)22(36)14-7-15-19(8-18(14)25)31-21(29)16-9-30-32(2)20(15)16/h4-9H,10H2,1-3H3,(H2,29,31). The number of rotatable bonds is 3.